The summed E-state index contributed by atoms with van der Waals surface area (Å²) < 4.78 is 35.5. The van der Waals surface area contributed by atoms with E-state index < -0.39 is 14.9 Å². The lowest BCUT2D eigenvalue weighted by molar-refractivity contribution is -0.385. The lowest BCUT2D eigenvalue weighted by Crippen LogP contribution is -2.15. The second kappa shape index (κ2) is 9.06. The summed E-state index contributed by atoms with van der Waals surface area (Å²) in [6, 6.07) is 9.89. The first kappa shape index (κ1) is 22.7. The summed E-state index contributed by atoms with van der Waals surface area (Å²) in [5.74, 6) is 0.302. The molecule has 0 spiro atoms. The number of aromatic nitrogens is 2. The van der Waals surface area contributed by atoms with Crippen molar-refractivity contribution in [1.29, 1.82) is 0 Å². The van der Waals surface area contributed by atoms with E-state index in [4.69, 9.17) is 4.74 Å². The molecule has 0 saturated carbocycles. The van der Waals surface area contributed by atoms with Gasteiger partial charge in [-0.25, -0.2) is 8.42 Å². The Morgan fingerprint density at radius 1 is 1.19 bits per heavy atom. The molecular formula is C20H22N6O5S. The van der Waals surface area contributed by atoms with Crippen LogP contribution in [0.5, 0.6) is 5.75 Å². The van der Waals surface area contributed by atoms with Gasteiger partial charge < -0.3 is 4.74 Å². The first-order chi connectivity index (χ1) is 15.1. The molecule has 0 amide bonds. The molecular weight excluding hydrogens is 436 g/mol. The van der Waals surface area contributed by atoms with E-state index in [1.807, 2.05) is 13.8 Å². The lowest BCUT2D eigenvalue weighted by atomic mass is 10.2. The van der Waals surface area contributed by atoms with Gasteiger partial charge in [-0.2, -0.15) is 10.2 Å². The van der Waals surface area contributed by atoms with E-state index in [1.54, 1.807) is 29.9 Å². The largest absolute Gasteiger partial charge is 0.495 e. The van der Waals surface area contributed by atoms with Gasteiger partial charge in [-0.1, -0.05) is 12.1 Å². The minimum absolute atomic E-state index is 0.0634. The van der Waals surface area contributed by atoms with Crippen LogP contribution in [-0.2, 0) is 17.1 Å². The summed E-state index contributed by atoms with van der Waals surface area (Å²) in [5, 5.41) is 19.7. The fraction of sp³-hybridized carbons (Fsp3) is 0.200. The number of nitrogens with one attached hydrogen (secondary N) is 2. The molecule has 1 heterocycles. The average molecular weight is 459 g/mol. The van der Waals surface area contributed by atoms with Crippen LogP contribution in [0.3, 0.4) is 0 Å². The maximum atomic E-state index is 13.1. The molecule has 0 bridgehead atoms. The number of sulfonamides is 1. The number of methoxy groups -OCH3 is 1. The Kier molecular flexibility index (Phi) is 6.44. The highest BCUT2D eigenvalue weighted by Gasteiger charge is 2.24. The van der Waals surface area contributed by atoms with Crippen LogP contribution in [0.25, 0.3) is 0 Å². The van der Waals surface area contributed by atoms with Gasteiger partial charge in [-0.05, 0) is 32.0 Å². The van der Waals surface area contributed by atoms with Crippen molar-refractivity contribution in [2.24, 2.45) is 12.1 Å². The second-order valence-corrected chi connectivity index (χ2v) is 8.47. The van der Waals surface area contributed by atoms with Crippen molar-refractivity contribution in [3.05, 3.63) is 69.5 Å². The van der Waals surface area contributed by atoms with Crippen LogP contribution in [-0.4, -0.2) is 36.4 Å². The Morgan fingerprint density at radius 2 is 1.91 bits per heavy atom. The number of nitrogens with zero attached hydrogens (tertiary/aromatic N) is 4. The number of rotatable bonds is 8. The van der Waals surface area contributed by atoms with Gasteiger partial charge in [0.1, 0.15) is 10.6 Å². The maximum Gasteiger partial charge on any atom is 0.270 e. The predicted molar refractivity (Wildman–Crippen MR) is 121 cm³/mol. The van der Waals surface area contributed by atoms with Crippen molar-refractivity contribution in [2.75, 3.05) is 17.3 Å². The summed E-state index contributed by atoms with van der Waals surface area (Å²) in [7, 11) is -1.02. The normalized spacial score (nSPS) is 11.5. The zero-order chi connectivity index (χ0) is 23.5. The minimum Gasteiger partial charge on any atom is -0.495 e. The molecule has 32 heavy (non-hydrogen) atoms. The summed E-state index contributed by atoms with van der Waals surface area (Å²) in [6.07, 6.45) is 1.52. The quantitative estimate of drug-likeness (QED) is 0.300. The van der Waals surface area contributed by atoms with Crippen LogP contribution in [0.2, 0.25) is 0 Å². The van der Waals surface area contributed by atoms with Gasteiger partial charge in [-0.3, -0.25) is 24.9 Å². The van der Waals surface area contributed by atoms with Gasteiger partial charge in [0.05, 0.1) is 35.3 Å². The molecule has 3 rings (SSSR count). The van der Waals surface area contributed by atoms with Crippen molar-refractivity contribution >= 4 is 33.3 Å². The second-order valence-electron chi connectivity index (χ2n) is 6.82. The number of para-hydroxylation sites is 2. The number of hydrogen-bond donors (Lipinski definition) is 2. The Labute approximate surface area is 184 Å². The summed E-state index contributed by atoms with van der Waals surface area (Å²) in [6.45, 7) is 3.70. The van der Waals surface area contributed by atoms with Crippen molar-refractivity contribution in [1.82, 2.24) is 9.78 Å². The standard InChI is InChI=1S/C20H22N6O5S/c1-13-16(14(2)25(3)23-13)12-21-22-18-10-9-15(26(27)28)11-20(18)32(29,30)24-17-7-5-6-8-19(17)31-4/h5-12,22,24H,1-4H3/b21-12-. The van der Waals surface area contributed by atoms with Crippen LogP contribution in [0.4, 0.5) is 17.1 Å². The van der Waals surface area contributed by atoms with Crippen molar-refractivity contribution < 1.29 is 18.1 Å². The Morgan fingerprint density at radius 3 is 2.53 bits per heavy atom. The molecule has 12 heteroatoms. The van der Waals surface area contributed by atoms with E-state index in [2.05, 4.69) is 20.3 Å². The number of aryl methyl sites for hydroxylation is 2. The van der Waals surface area contributed by atoms with Crippen molar-refractivity contribution in [2.45, 2.75) is 18.7 Å². The average Bonchev–Trinajstić information content (AvgIpc) is 2.99. The number of benzene rings is 2. The highest BCUT2D eigenvalue weighted by Crippen LogP contribution is 2.31. The van der Waals surface area contributed by atoms with Gasteiger partial charge in [0.15, 0.2) is 0 Å². The number of nitro benzene ring substituents is 1. The molecule has 0 aliphatic heterocycles. The van der Waals surface area contributed by atoms with E-state index >= 15 is 0 Å². The third kappa shape index (κ3) is 4.70. The fourth-order valence-electron chi connectivity index (χ4n) is 3.01. The van der Waals surface area contributed by atoms with Gasteiger partial charge in [0, 0.05) is 30.4 Å². The van der Waals surface area contributed by atoms with E-state index in [1.165, 1.54) is 31.5 Å². The number of ether oxygens (including phenoxy) is 1. The highest BCUT2D eigenvalue weighted by molar-refractivity contribution is 7.93. The Hall–Kier alpha value is -3.93. The van der Waals surface area contributed by atoms with Gasteiger partial charge >= 0.3 is 0 Å². The van der Waals surface area contributed by atoms with E-state index in [0.717, 1.165) is 23.0 Å². The summed E-state index contributed by atoms with van der Waals surface area (Å²) in [4.78, 5) is 10.2. The van der Waals surface area contributed by atoms with Crippen LogP contribution in [0.15, 0.2) is 52.5 Å². The predicted octanol–water partition coefficient (Wildman–Crippen LogP) is 3.20. The molecule has 0 atom stereocenters. The van der Waals surface area contributed by atoms with E-state index in [9.17, 15) is 18.5 Å². The van der Waals surface area contributed by atoms with Crippen LogP contribution < -0.4 is 14.9 Å². The number of anilines is 2. The van der Waals surface area contributed by atoms with Crippen molar-refractivity contribution in [3.63, 3.8) is 0 Å². The molecule has 0 unspecified atom stereocenters. The molecule has 0 aliphatic carbocycles. The zero-order valence-corrected chi connectivity index (χ0v) is 18.7. The SMILES string of the molecule is COc1ccccc1NS(=O)(=O)c1cc([N+](=O)[O-])ccc1N/N=C\c1c(C)nn(C)c1C. The topological polar surface area (TPSA) is 141 Å². The van der Waals surface area contributed by atoms with E-state index in [0.29, 0.717) is 5.75 Å². The number of hydrazone groups is 1. The smallest absolute Gasteiger partial charge is 0.270 e. The highest BCUT2D eigenvalue weighted by atomic mass is 32.2. The molecule has 0 saturated heterocycles. The van der Waals surface area contributed by atoms with Gasteiger partial charge in [0.25, 0.3) is 15.7 Å². The molecule has 0 aliphatic rings. The molecule has 3 aromatic rings. The first-order valence-corrected chi connectivity index (χ1v) is 10.9. The monoisotopic (exact) mass is 458 g/mol. The lowest BCUT2D eigenvalue weighted by Gasteiger charge is -2.14. The molecule has 0 radical (unpaired) electrons. The van der Waals surface area contributed by atoms with Crippen LogP contribution in [0.1, 0.15) is 17.0 Å². The summed E-state index contributed by atoms with van der Waals surface area (Å²) in [5.41, 5.74) is 4.96. The van der Waals surface area contributed by atoms with Crippen LogP contribution >= 0.6 is 0 Å². The third-order valence-electron chi connectivity index (χ3n) is 4.76. The van der Waals surface area contributed by atoms with Gasteiger partial charge in [-0.15, -0.1) is 0 Å². The summed E-state index contributed by atoms with van der Waals surface area (Å²) >= 11 is 0. The molecule has 0 fully saturated rings. The number of nitro groups is 1. The Bertz CT molecular complexity index is 1300. The van der Waals surface area contributed by atoms with E-state index in [-0.39, 0.29) is 22.0 Å². The maximum absolute atomic E-state index is 13.1. The van der Waals surface area contributed by atoms with Crippen LogP contribution in [0, 0.1) is 24.0 Å². The molecule has 2 aromatic carbocycles. The molecule has 1 aromatic heterocycles. The van der Waals surface area contributed by atoms with Gasteiger partial charge in [0.2, 0.25) is 0 Å². The number of hydrogen-bond acceptors (Lipinski definition) is 8. The number of non-ortho nitro benzene ring substituents is 1. The third-order valence-corrected chi connectivity index (χ3v) is 6.17. The molecule has 2 N–H and O–H groups in total. The van der Waals surface area contributed by atoms with Crippen molar-refractivity contribution in [3.8, 4) is 5.75 Å². The zero-order valence-electron chi connectivity index (χ0n) is 17.9. The fourth-order valence-corrected chi connectivity index (χ4v) is 4.26. The first-order valence-electron chi connectivity index (χ1n) is 9.37. The Balaban J connectivity index is 1.99. The minimum atomic E-state index is -4.23. The molecule has 11 nitrogen and oxygen atoms in total. The molecule has 168 valence electrons.